The van der Waals surface area contributed by atoms with E-state index in [2.05, 4.69) is 20.9 Å². The fraction of sp³-hybridized carbons (Fsp3) is 0.0909. The quantitative estimate of drug-likeness (QED) is 0.790. The average Bonchev–Trinajstić information content (AvgIpc) is 2.65. The van der Waals surface area contributed by atoms with Crippen LogP contribution in [0.2, 0.25) is 0 Å². The van der Waals surface area contributed by atoms with Crippen LogP contribution in [0.3, 0.4) is 0 Å². The van der Waals surface area contributed by atoms with E-state index in [1.54, 1.807) is 12.3 Å². The summed E-state index contributed by atoms with van der Waals surface area (Å²) in [5, 5.41) is 0. The van der Waals surface area contributed by atoms with Gasteiger partial charge in [0.05, 0.1) is 4.88 Å². The second-order valence-corrected chi connectivity index (χ2v) is 5.30. The first-order chi connectivity index (χ1) is 7.16. The average molecular weight is 282 g/mol. The van der Waals surface area contributed by atoms with Crippen molar-refractivity contribution in [1.29, 1.82) is 0 Å². The van der Waals surface area contributed by atoms with Crippen molar-refractivity contribution in [1.82, 2.24) is 4.98 Å². The lowest BCUT2D eigenvalue weighted by atomic mass is 10.2. The normalized spacial score (nSPS) is 10.3. The number of aromatic nitrogens is 1. The zero-order valence-electron chi connectivity index (χ0n) is 8.03. The first kappa shape index (κ1) is 10.5. The molecule has 0 saturated carbocycles. The van der Waals surface area contributed by atoms with Crippen molar-refractivity contribution in [3.05, 3.63) is 50.4 Å². The van der Waals surface area contributed by atoms with E-state index in [-0.39, 0.29) is 5.78 Å². The highest BCUT2D eigenvalue weighted by atomic mass is 79.9. The third kappa shape index (κ3) is 2.33. The molecule has 0 saturated heterocycles. The minimum absolute atomic E-state index is 0.0133. The van der Waals surface area contributed by atoms with Gasteiger partial charge in [-0.05, 0) is 47.1 Å². The molecular weight excluding hydrogens is 274 g/mol. The molecular formula is C11H8BrNOS. The first-order valence-corrected chi connectivity index (χ1v) is 6.00. The van der Waals surface area contributed by atoms with Crippen molar-refractivity contribution in [3.63, 3.8) is 0 Å². The Labute approximate surface area is 100 Å². The fourth-order valence-corrected chi connectivity index (χ4v) is 2.24. The summed E-state index contributed by atoms with van der Waals surface area (Å²) in [6.45, 7) is 1.98. The minimum Gasteiger partial charge on any atom is -0.286 e. The summed E-state index contributed by atoms with van der Waals surface area (Å²) in [5.41, 5.74) is 0.486. The molecule has 2 aromatic heterocycles. The van der Waals surface area contributed by atoms with Gasteiger partial charge in [0.25, 0.3) is 0 Å². The van der Waals surface area contributed by atoms with Crippen LogP contribution in [0.4, 0.5) is 0 Å². The number of aryl methyl sites for hydroxylation is 1. The van der Waals surface area contributed by atoms with Crippen LogP contribution in [-0.4, -0.2) is 10.8 Å². The minimum atomic E-state index is -0.0133. The highest BCUT2D eigenvalue weighted by Gasteiger charge is 2.11. The molecule has 0 aromatic carbocycles. The van der Waals surface area contributed by atoms with Crippen LogP contribution in [0.1, 0.15) is 20.2 Å². The van der Waals surface area contributed by atoms with Gasteiger partial charge in [0.2, 0.25) is 5.78 Å². The Balaban J connectivity index is 2.32. The smallest absolute Gasteiger partial charge is 0.221 e. The van der Waals surface area contributed by atoms with Gasteiger partial charge in [-0.1, -0.05) is 0 Å². The van der Waals surface area contributed by atoms with Gasteiger partial charge in [-0.2, -0.15) is 0 Å². The van der Waals surface area contributed by atoms with Crippen LogP contribution < -0.4 is 0 Å². The molecule has 2 rings (SSSR count). The van der Waals surface area contributed by atoms with Crippen LogP contribution in [0, 0.1) is 6.92 Å². The van der Waals surface area contributed by atoms with Crippen LogP contribution in [0.25, 0.3) is 0 Å². The molecule has 0 fully saturated rings. The predicted octanol–water partition coefficient (Wildman–Crippen LogP) is 3.45. The molecule has 2 heterocycles. The number of thiophene rings is 1. The Morgan fingerprint density at radius 1 is 1.33 bits per heavy atom. The predicted molar refractivity (Wildman–Crippen MR) is 64.4 cm³/mol. The molecule has 0 aliphatic rings. The number of hydrogen-bond acceptors (Lipinski definition) is 3. The maximum absolute atomic E-state index is 11.9. The van der Waals surface area contributed by atoms with Crippen LogP contribution >= 0.6 is 27.3 Å². The van der Waals surface area contributed by atoms with E-state index in [1.807, 2.05) is 25.1 Å². The molecule has 2 aromatic rings. The Bertz CT molecular complexity index is 490. The molecule has 0 unspecified atom stereocenters. The van der Waals surface area contributed by atoms with Crippen molar-refractivity contribution in [2.45, 2.75) is 6.92 Å². The van der Waals surface area contributed by atoms with Crippen molar-refractivity contribution in [3.8, 4) is 0 Å². The summed E-state index contributed by atoms with van der Waals surface area (Å²) >= 11 is 4.78. The number of carbonyl (C=O) groups excluding carboxylic acids is 1. The summed E-state index contributed by atoms with van der Waals surface area (Å²) in [4.78, 5) is 17.9. The second-order valence-electron chi connectivity index (χ2n) is 3.10. The Morgan fingerprint density at radius 2 is 2.13 bits per heavy atom. The van der Waals surface area contributed by atoms with Gasteiger partial charge >= 0.3 is 0 Å². The molecule has 0 spiro atoms. The standard InChI is InChI=1S/C11H8BrNOS/c1-7-2-5-10(15-7)11(14)9-4-3-8(12)6-13-9/h2-6H,1H3. The van der Waals surface area contributed by atoms with Gasteiger partial charge in [0.1, 0.15) is 5.69 Å². The number of ketones is 1. The van der Waals surface area contributed by atoms with Gasteiger partial charge in [-0.15, -0.1) is 11.3 Å². The van der Waals surface area contributed by atoms with Crippen LogP contribution in [-0.2, 0) is 0 Å². The molecule has 0 aliphatic heterocycles. The van der Waals surface area contributed by atoms with E-state index in [1.165, 1.54) is 11.3 Å². The molecule has 0 aliphatic carbocycles. The maximum atomic E-state index is 11.9. The molecule has 15 heavy (non-hydrogen) atoms. The van der Waals surface area contributed by atoms with Gasteiger partial charge < -0.3 is 0 Å². The summed E-state index contributed by atoms with van der Waals surface area (Å²) in [6, 6.07) is 7.32. The molecule has 0 amide bonds. The second kappa shape index (κ2) is 4.24. The van der Waals surface area contributed by atoms with Crippen molar-refractivity contribution < 1.29 is 4.79 Å². The first-order valence-electron chi connectivity index (χ1n) is 4.39. The van der Waals surface area contributed by atoms with E-state index in [0.717, 1.165) is 14.2 Å². The van der Waals surface area contributed by atoms with Crippen molar-refractivity contribution >= 4 is 33.0 Å². The molecule has 0 radical (unpaired) electrons. The molecule has 2 nitrogen and oxygen atoms in total. The van der Waals surface area contributed by atoms with Crippen molar-refractivity contribution in [2.24, 2.45) is 0 Å². The molecule has 76 valence electrons. The molecule has 0 N–H and O–H groups in total. The van der Waals surface area contributed by atoms with E-state index in [0.29, 0.717) is 5.69 Å². The van der Waals surface area contributed by atoms with Gasteiger partial charge in [0.15, 0.2) is 0 Å². The lowest BCUT2D eigenvalue weighted by molar-refractivity contribution is 0.103. The zero-order valence-corrected chi connectivity index (χ0v) is 10.4. The number of carbonyl (C=O) groups is 1. The third-order valence-electron chi connectivity index (χ3n) is 1.92. The SMILES string of the molecule is Cc1ccc(C(=O)c2ccc(Br)cn2)s1. The highest BCUT2D eigenvalue weighted by molar-refractivity contribution is 9.10. The van der Waals surface area contributed by atoms with E-state index in [9.17, 15) is 4.79 Å². The Kier molecular flexibility index (Phi) is 2.98. The number of rotatable bonds is 2. The number of halogens is 1. The summed E-state index contributed by atoms with van der Waals surface area (Å²) < 4.78 is 0.876. The molecule has 0 bridgehead atoms. The third-order valence-corrected chi connectivity index (χ3v) is 3.39. The number of pyridine rings is 1. The van der Waals surface area contributed by atoms with Gasteiger partial charge in [-0.25, -0.2) is 0 Å². The van der Waals surface area contributed by atoms with Gasteiger partial charge in [0, 0.05) is 15.5 Å². The topological polar surface area (TPSA) is 30.0 Å². The van der Waals surface area contributed by atoms with Crippen molar-refractivity contribution in [2.75, 3.05) is 0 Å². The molecule has 0 atom stereocenters. The summed E-state index contributed by atoms with van der Waals surface area (Å²) in [5.74, 6) is -0.0133. The highest BCUT2D eigenvalue weighted by Crippen LogP contribution is 2.18. The number of hydrogen-bond donors (Lipinski definition) is 0. The van der Waals surface area contributed by atoms with E-state index in [4.69, 9.17) is 0 Å². The van der Waals surface area contributed by atoms with E-state index >= 15 is 0 Å². The monoisotopic (exact) mass is 281 g/mol. The fourth-order valence-electron chi connectivity index (χ4n) is 1.19. The lowest BCUT2D eigenvalue weighted by Crippen LogP contribution is -2.00. The summed E-state index contributed by atoms with van der Waals surface area (Å²) in [6.07, 6.45) is 1.63. The Morgan fingerprint density at radius 3 is 2.67 bits per heavy atom. The molecule has 4 heteroatoms. The van der Waals surface area contributed by atoms with E-state index < -0.39 is 0 Å². The zero-order chi connectivity index (χ0) is 10.8. The lowest BCUT2D eigenvalue weighted by Gasteiger charge is -1.96. The largest absolute Gasteiger partial charge is 0.286 e. The van der Waals surface area contributed by atoms with Crippen LogP contribution in [0.5, 0.6) is 0 Å². The van der Waals surface area contributed by atoms with Gasteiger partial charge in [-0.3, -0.25) is 9.78 Å². The number of nitrogens with zero attached hydrogens (tertiary/aromatic N) is 1. The van der Waals surface area contributed by atoms with Crippen LogP contribution in [0.15, 0.2) is 34.9 Å². The maximum Gasteiger partial charge on any atom is 0.221 e. The Hall–Kier alpha value is -1.00. The summed E-state index contributed by atoms with van der Waals surface area (Å²) in [7, 11) is 0.